The topological polar surface area (TPSA) is 64.9 Å². The molecule has 1 saturated heterocycles. The Balaban J connectivity index is 1.76. The van der Waals surface area contributed by atoms with E-state index in [1.165, 1.54) is 4.68 Å². The molecule has 0 amide bonds. The molecule has 0 saturated carbocycles. The number of aromatic nitrogens is 4. The smallest absolute Gasteiger partial charge is 0.206 e. The summed E-state index contributed by atoms with van der Waals surface area (Å²) in [5, 5.41) is 8.14. The van der Waals surface area contributed by atoms with Crippen LogP contribution in [0.2, 0.25) is 0 Å². The number of halogens is 2. The summed E-state index contributed by atoms with van der Waals surface area (Å²) in [6.45, 7) is 1.18. The fraction of sp³-hybridized carbons (Fsp3) is 0.167. The lowest BCUT2D eigenvalue weighted by molar-refractivity contribution is 0.0381. The van der Waals surface area contributed by atoms with Crippen molar-refractivity contribution in [2.75, 3.05) is 13.2 Å². The van der Waals surface area contributed by atoms with Gasteiger partial charge < -0.3 is 4.74 Å². The summed E-state index contributed by atoms with van der Waals surface area (Å²) in [5.74, 6) is -1.86. The number of pyridine rings is 2. The molecular formula is C18H13F2N5O. The summed E-state index contributed by atoms with van der Waals surface area (Å²) in [4.78, 5) is 8.82. The van der Waals surface area contributed by atoms with E-state index in [1.807, 2.05) is 12.1 Å². The first-order valence-electron chi connectivity index (χ1n) is 8.15. The fourth-order valence-corrected chi connectivity index (χ4v) is 3.16. The molecule has 0 spiro atoms. The predicted octanol–water partition coefficient (Wildman–Crippen LogP) is 3.00. The van der Waals surface area contributed by atoms with Crippen LogP contribution in [0.4, 0.5) is 8.78 Å². The van der Waals surface area contributed by atoms with Crippen LogP contribution in [0.3, 0.4) is 0 Å². The van der Waals surface area contributed by atoms with Gasteiger partial charge in [-0.25, -0.2) is 18.4 Å². The van der Waals surface area contributed by atoms with Gasteiger partial charge in [-0.3, -0.25) is 10.3 Å². The average Bonchev–Trinajstić information content (AvgIpc) is 3.30. The lowest BCUT2D eigenvalue weighted by Crippen LogP contribution is -2.22. The van der Waals surface area contributed by atoms with Gasteiger partial charge in [0.2, 0.25) is 6.35 Å². The molecule has 0 bridgehead atoms. The van der Waals surface area contributed by atoms with Gasteiger partial charge in [-0.2, -0.15) is 5.10 Å². The number of rotatable bonds is 2. The van der Waals surface area contributed by atoms with Crippen molar-refractivity contribution in [2.24, 2.45) is 0 Å². The molecule has 1 N–H and O–H groups in total. The summed E-state index contributed by atoms with van der Waals surface area (Å²) >= 11 is 0. The molecule has 8 heteroatoms. The van der Waals surface area contributed by atoms with Crippen LogP contribution in [-0.4, -0.2) is 32.9 Å². The summed E-state index contributed by atoms with van der Waals surface area (Å²) in [5.41, 5.74) is 2.90. The second-order valence-corrected chi connectivity index (χ2v) is 5.99. The van der Waals surface area contributed by atoms with Crippen LogP contribution in [-0.2, 0) is 4.74 Å². The zero-order valence-corrected chi connectivity index (χ0v) is 13.5. The number of hydrogen-bond acceptors (Lipinski definition) is 5. The van der Waals surface area contributed by atoms with Gasteiger partial charge in [-0.15, -0.1) is 0 Å². The predicted molar refractivity (Wildman–Crippen MR) is 91.2 cm³/mol. The van der Waals surface area contributed by atoms with E-state index in [9.17, 15) is 8.78 Å². The highest BCUT2D eigenvalue weighted by Gasteiger charge is 2.24. The van der Waals surface area contributed by atoms with Gasteiger partial charge in [-0.05, 0) is 30.3 Å². The van der Waals surface area contributed by atoms with E-state index in [1.54, 1.807) is 18.3 Å². The van der Waals surface area contributed by atoms with Gasteiger partial charge in [0.1, 0.15) is 5.69 Å². The normalized spacial score (nSPS) is 17.4. The Morgan fingerprint density at radius 2 is 2.00 bits per heavy atom. The SMILES string of the molecule is Fc1cc2c(-c3ccc4ncccc4n3)nn(C3NCCO3)c2cc1F. The van der Waals surface area contributed by atoms with Gasteiger partial charge in [0.15, 0.2) is 11.6 Å². The molecule has 130 valence electrons. The average molecular weight is 353 g/mol. The second-order valence-electron chi connectivity index (χ2n) is 5.99. The number of nitrogens with zero attached hydrogens (tertiary/aromatic N) is 4. The molecule has 1 aromatic carbocycles. The molecule has 1 unspecified atom stereocenters. The fourth-order valence-electron chi connectivity index (χ4n) is 3.16. The molecule has 1 aliphatic heterocycles. The Labute approximate surface area is 146 Å². The second kappa shape index (κ2) is 5.79. The summed E-state index contributed by atoms with van der Waals surface area (Å²) < 4.78 is 34.8. The highest BCUT2D eigenvalue weighted by atomic mass is 19.2. The van der Waals surface area contributed by atoms with Crippen LogP contribution >= 0.6 is 0 Å². The first-order valence-corrected chi connectivity index (χ1v) is 8.15. The minimum absolute atomic E-state index is 0.436. The van der Waals surface area contributed by atoms with Gasteiger partial charge in [0, 0.05) is 24.2 Å². The maximum absolute atomic E-state index is 13.9. The van der Waals surface area contributed by atoms with E-state index in [0.29, 0.717) is 41.0 Å². The third-order valence-electron chi connectivity index (χ3n) is 4.37. The molecule has 1 aliphatic rings. The zero-order chi connectivity index (χ0) is 17.7. The van der Waals surface area contributed by atoms with Gasteiger partial charge in [0.05, 0.1) is 28.9 Å². The van der Waals surface area contributed by atoms with Crippen molar-refractivity contribution in [3.05, 3.63) is 54.2 Å². The largest absolute Gasteiger partial charge is 0.342 e. The Hall–Kier alpha value is -2.97. The molecule has 0 aliphatic carbocycles. The molecule has 3 aromatic heterocycles. The molecule has 1 atom stereocenters. The van der Waals surface area contributed by atoms with Crippen LogP contribution < -0.4 is 5.32 Å². The highest BCUT2D eigenvalue weighted by molar-refractivity contribution is 5.93. The third-order valence-corrected chi connectivity index (χ3v) is 4.37. The molecule has 6 nitrogen and oxygen atoms in total. The van der Waals surface area contributed by atoms with Crippen molar-refractivity contribution in [1.82, 2.24) is 25.1 Å². The first-order chi connectivity index (χ1) is 12.7. The van der Waals surface area contributed by atoms with E-state index in [4.69, 9.17) is 4.74 Å². The quantitative estimate of drug-likeness (QED) is 0.600. The Morgan fingerprint density at radius 1 is 1.12 bits per heavy atom. The summed E-state index contributed by atoms with van der Waals surface area (Å²) in [7, 11) is 0. The number of fused-ring (bicyclic) bond motifs is 2. The van der Waals surface area contributed by atoms with Crippen LogP contribution in [0.25, 0.3) is 33.3 Å². The van der Waals surface area contributed by atoms with Crippen LogP contribution in [0.5, 0.6) is 0 Å². The first kappa shape index (κ1) is 15.3. The Bertz CT molecular complexity index is 1140. The molecular weight excluding hydrogens is 340 g/mol. The molecule has 0 radical (unpaired) electrons. The van der Waals surface area contributed by atoms with Crippen molar-refractivity contribution >= 4 is 21.9 Å². The molecule has 1 fully saturated rings. The van der Waals surface area contributed by atoms with E-state index < -0.39 is 18.0 Å². The third kappa shape index (κ3) is 2.34. The van der Waals surface area contributed by atoms with Crippen molar-refractivity contribution < 1.29 is 13.5 Å². The van der Waals surface area contributed by atoms with E-state index in [0.717, 1.165) is 17.6 Å². The highest BCUT2D eigenvalue weighted by Crippen LogP contribution is 2.31. The number of hydrogen-bond donors (Lipinski definition) is 1. The maximum Gasteiger partial charge on any atom is 0.206 e. The molecule has 26 heavy (non-hydrogen) atoms. The monoisotopic (exact) mass is 353 g/mol. The number of ether oxygens (including phenoxy) is 1. The Kier molecular flexibility index (Phi) is 3.41. The van der Waals surface area contributed by atoms with E-state index in [-0.39, 0.29) is 0 Å². The lowest BCUT2D eigenvalue weighted by Gasteiger charge is -2.11. The maximum atomic E-state index is 13.9. The van der Waals surface area contributed by atoms with Crippen LogP contribution in [0, 0.1) is 11.6 Å². The van der Waals surface area contributed by atoms with E-state index in [2.05, 4.69) is 20.4 Å². The van der Waals surface area contributed by atoms with Crippen molar-refractivity contribution in [1.29, 1.82) is 0 Å². The van der Waals surface area contributed by atoms with Crippen molar-refractivity contribution in [2.45, 2.75) is 6.35 Å². The Morgan fingerprint density at radius 3 is 2.85 bits per heavy atom. The molecule has 4 heterocycles. The van der Waals surface area contributed by atoms with Gasteiger partial charge in [-0.1, -0.05) is 0 Å². The molecule has 5 rings (SSSR count). The van der Waals surface area contributed by atoms with Gasteiger partial charge >= 0.3 is 0 Å². The van der Waals surface area contributed by atoms with E-state index >= 15 is 0 Å². The van der Waals surface area contributed by atoms with Crippen molar-refractivity contribution in [3.63, 3.8) is 0 Å². The van der Waals surface area contributed by atoms with Crippen molar-refractivity contribution in [3.8, 4) is 11.4 Å². The number of nitrogens with one attached hydrogen (secondary N) is 1. The minimum Gasteiger partial charge on any atom is -0.342 e. The summed E-state index contributed by atoms with van der Waals surface area (Å²) in [6.07, 6.45) is 1.16. The minimum atomic E-state index is -0.932. The summed E-state index contributed by atoms with van der Waals surface area (Å²) in [6, 6.07) is 9.51. The molecule has 4 aromatic rings. The zero-order valence-electron chi connectivity index (χ0n) is 13.5. The van der Waals surface area contributed by atoms with Crippen LogP contribution in [0.1, 0.15) is 6.35 Å². The van der Waals surface area contributed by atoms with Crippen LogP contribution in [0.15, 0.2) is 42.6 Å². The number of benzene rings is 1. The van der Waals surface area contributed by atoms with Gasteiger partial charge in [0.25, 0.3) is 0 Å². The lowest BCUT2D eigenvalue weighted by atomic mass is 10.1. The standard InChI is InChI=1S/C18H13F2N5O/c19-11-8-10-16(9-12(11)20)25(18-22-6-7-26-18)24-17(10)15-4-3-13-14(23-15)2-1-5-21-13/h1-5,8-9,18,22H,6-7H2.